The van der Waals surface area contributed by atoms with Gasteiger partial charge in [0.05, 0.1) is 6.10 Å². The second-order valence-corrected chi connectivity index (χ2v) is 4.70. The third kappa shape index (κ3) is 2.67. The fourth-order valence-corrected chi connectivity index (χ4v) is 2.31. The normalized spacial score (nSPS) is 24.9. The lowest BCUT2D eigenvalue weighted by molar-refractivity contribution is 0.148. The molecule has 0 aromatic heterocycles. The van der Waals surface area contributed by atoms with Gasteiger partial charge in [0.2, 0.25) is 0 Å². The van der Waals surface area contributed by atoms with E-state index in [1.54, 1.807) is 18.2 Å². The van der Waals surface area contributed by atoms with Crippen LogP contribution in [0.1, 0.15) is 24.8 Å². The van der Waals surface area contributed by atoms with Crippen LogP contribution < -0.4 is 5.32 Å². The van der Waals surface area contributed by atoms with Crippen LogP contribution in [0.25, 0.3) is 0 Å². The molecule has 0 amide bonds. The predicted molar refractivity (Wildman–Crippen MR) is 63.6 cm³/mol. The van der Waals surface area contributed by atoms with Gasteiger partial charge in [-0.1, -0.05) is 11.6 Å². The highest BCUT2D eigenvalue weighted by atomic mass is 35.5. The molecule has 2 atom stereocenters. The molecule has 0 bridgehead atoms. The van der Waals surface area contributed by atoms with Gasteiger partial charge < -0.3 is 15.5 Å². The molecule has 3 nitrogen and oxygen atoms in total. The maximum atomic E-state index is 9.64. The molecular weight excluding hydrogens is 226 g/mol. The van der Waals surface area contributed by atoms with Crippen molar-refractivity contribution in [1.82, 2.24) is 5.32 Å². The van der Waals surface area contributed by atoms with E-state index in [4.69, 9.17) is 11.6 Å². The number of nitrogens with one attached hydrogen (secondary N) is 1. The summed E-state index contributed by atoms with van der Waals surface area (Å²) in [6, 6.07) is 5.12. The Labute approximate surface area is 100 Å². The lowest BCUT2D eigenvalue weighted by atomic mass is 10.1. The Morgan fingerprint density at radius 1 is 1.38 bits per heavy atom. The molecule has 1 aromatic rings. The van der Waals surface area contributed by atoms with E-state index in [1.807, 2.05) is 0 Å². The number of phenolic OH excluding ortho intramolecular Hbond substituents is 1. The third-order valence-corrected chi connectivity index (χ3v) is 3.31. The van der Waals surface area contributed by atoms with Crippen LogP contribution in [0.4, 0.5) is 0 Å². The number of aliphatic hydroxyl groups excluding tert-OH is 1. The summed E-state index contributed by atoms with van der Waals surface area (Å²) in [7, 11) is 0. The molecule has 1 fully saturated rings. The quantitative estimate of drug-likeness (QED) is 0.759. The van der Waals surface area contributed by atoms with Crippen molar-refractivity contribution in [2.75, 3.05) is 0 Å². The van der Waals surface area contributed by atoms with Gasteiger partial charge >= 0.3 is 0 Å². The average molecular weight is 242 g/mol. The first-order valence-electron chi connectivity index (χ1n) is 5.55. The molecule has 1 saturated carbocycles. The summed E-state index contributed by atoms with van der Waals surface area (Å²) in [5.74, 6) is 0.240. The maximum Gasteiger partial charge on any atom is 0.120 e. The molecule has 2 rings (SSSR count). The fraction of sp³-hybridized carbons (Fsp3) is 0.500. The van der Waals surface area contributed by atoms with Gasteiger partial charge in [0, 0.05) is 23.2 Å². The van der Waals surface area contributed by atoms with Crippen LogP contribution in [-0.2, 0) is 6.54 Å². The van der Waals surface area contributed by atoms with Gasteiger partial charge in [-0.25, -0.2) is 0 Å². The Balaban J connectivity index is 1.96. The maximum absolute atomic E-state index is 9.64. The van der Waals surface area contributed by atoms with Crippen molar-refractivity contribution >= 4 is 11.6 Å². The van der Waals surface area contributed by atoms with Gasteiger partial charge in [0.15, 0.2) is 0 Å². The van der Waals surface area contributed by atoms with Crippen molar-refractivity contribution in [3.8, 4) is 5.75 Å². The van der Waals surface area contributed by atoms with Crippen LogP contribution in [-0.4, -0.2) is 22.4 Å². The van der Waals surface area contributed by atoms with Gasteiger partial charge in [0.25, 0.3) is 0 Å². The summed E-state index contributed by atoms with van der Waals surface area (Å²) >= 11 is 5.85. The van der Waals surface area contributed by atoms with E-state index in [-0.39, 0.29) is 17.9 Å². The second kappa shape index (κ2) is 5.04. The van der Waals surface area contributed by atoms with Gasteiger partial charge in [-0.3, -0.25) is 0 Å². The summed E-state index contributed by atoms with van der Waals surface area (Å²) in [4.78, 5) is 0. The van der Waals surface area contributed by atoms with Crippen molar-refractivity contribution in [3.63, 3.8) is 0 Å². The second-order valence-electron chi connectivity index (χ2n) is 4.26. The van der Waals surface area contributed by atoms with Crippen molar-refractivity contribution in [1.29, 1.82) is 0 Å². The fourth-order valence-electron chi connectivity index (χ4n) is 2.12. The summed E-state index contributed by atoms with van der Waals surface area (Å²) in [5.41, 5.74) is 0.770. The SMILES string of the molecule is Oc1ccc(Cl)cc1CNC1CCCC1O. The molecule has 0 radical (unpaired) electrons. The number of rotatable bonds is 3. The van der Waals surface area contributed by atoms with Gasteiger partial charge in [-0.2, -0.15) is 0 Å². The molecule has 0 heterocycles. The average Bonchev–Trinajstić information content (AvgIpc) is 2.66. The molecular formula is C12H16ClNO2. The summed E-state index contributed by atoms with van der Waals surface area (Å²) in [5, 5.41) is 23.1. The van der Waals surface area contributed by atoms with E-state index in [2.05, 4.69) is 5.32 Å². The largest absolute Gasteiger partial charge is 0.508 e. The number of phenols is 1. The monoisotopic (exact) mass is 241 g/mol. The molecule has 88 valence electrons. The predicted octanol–water partition coefficient (Wildman–Crippen LogP) is 2.05. The third-order valence-electron chi connectivity index (χ3n) is 3.08. The van der Waals surface area contributed by atoms with Crippen molar-refractivity contribution < 1.29 is 10.2 Å². The highest BCUT2D eigenvalue weighted by Gasteiger charge is 2.24. The number of hydrogen-bond donors (Lipinski definition) is 3. The first kappa shape index (κ1) is 11.7. The van der Waals surface area contributed by atoms with Gasteiger partial charge in [-0.05, 0) is 37.5 Å². The van der Waals surface area contributed by atoms with Crippen molar-refractivity contribution in [2.45, 2.75) is 38.0 Å². The molecule has 3 N–H and O–H groups in total. The minimum atomic E-state index is -0.263. The molecule has 1 aliphatic rings. The van der Waals surface area contributed by atoms with E-state index < -0.39 is 0 Å². The first-order chi connectivity index (χ1) is 7.66. The zero-order valence-electron chi connectivity index (χ0n) is 8.99. The van der Waals surface area contributed by atoms with Crippen LogP contribution in [0.15, 0.2) is 18.2 Å². The molecule has 0 aliphatic heterocycles. The lowest BCUT2D eigenvalue weighted by Crippen LogP contribution is -2.35. The van der Waals surface area contributed by atoms with E-state index >= 15 is 0 Å². The standard InChI is InChI=1S/C12H16ClNO2/c13-9-4-5-11(15)8(6-9)7-14-10-2-1-3-12(10)16/h4-6,10,12,14-16H,1-3,7H2. The van der Waals surface area contributed by atoms with Crippen molar-refractivity contribution in [3.05, 3.63) is 28.8 Å². The molecule has 1 aliphatic carbocycles. The first-order valence-corrected chi connectivity index (χ1v) is 5.93. The molecule has 1 aromatic carbocycles. The highest BCUT2D eigenvalue weighted by Crippen LogP contribution is 2.23. The molecule has 4 heteroatoms. The summed E-state index contributed by atoms with van der Waals surface area (Å²) in [6.45, 7) is 0.536. The zero-order valence-corrected chi connectivity index (χ0v) is 9.74. The van der Waals surface area contributed by atoms with Crippen LogP contribution >= 0.6 is 11.6 Å². The van der Waals surface area contributed by atoms with Crippen LogP contribution in [0, 0.1) is 0 Å². The van der Waals surface area contributed by atoms with Gasteiger partial charge in [-0.15, -0.1) is 0 Å². The molecule has 16 heavy (non-hydrogen) atoms. The zero-order chi connectivity index (χ0) is 11.5. The van der Waals surface area contributed by atoms with Crippen molar-refractivity contribution in [2.24, 2.45) is 0 Å². The van der Waals surface area contributed by atoms with Crippen LogP contribution in [0.5, 0.6) is 5.75 Å². The van der Waals surface area contributed by atoms with E-state index in [0.717, 1.165) is 24.8 Å². The Kier molecular flexibility index (Phi) is 3.69. The van der Waals surface area contributed by atoms with Crippen LogP contribution in [0.3, 0.4) is 0 Å². The minimum Gasteiger partial charge on any atom is -0.508 e. The number of hydrogen-bond acceptors (Lipinski definition) is 3. The topological polar surface area (TPSA) is 52.5 Å². The number of aromatic hydroxyl groups is 1. The number of aliphatic hydroxyl groups is 1. The Morgan fingerprint density at radius 3 is 2.88 bits per heavy atom. The van der Waals surface area contributed by atoms with E-state index in [9.17, 15) is 10.2 Å². The molecule has 2 unspecified atom stereocenters. The Bertz CT molecular complexity index is 370. The summed E-state index contributed by atoms with van der Waals surface area (Å²) < 4.78 is 0. The minimum absolute atomic E-state index is 0.137. The van der Waals surface area contributed by atoms with E-state index in [0.29, 0.717) is 11.6 Å². The Hall–Kier alpha value is -0.770. The van der Waals surface area contributed by atoms with E-state index in [1.165, 1.54) is 0 Å². The smallest absolute Gasteiger partial charge is 0.120 e. The summed E-state index contributed by atoms with van der Waals surface area (Å²) in [6.07, 6.45) is 2.64. The molecule has 0 spiro atoms. The van der Waals surface area contributed by atoms with Crippen LogP contribution in [0.2, 0.25) is 5.02 Å². The Morgan fingerprint density at radius 2 is 2.19 bits per heavy atom. The van der Waals surface area contributed by atoms with Gasteiger partial charge in [0.1, 0.15) is 5.75 Å². The lowest BCUT2D eigenvalue weighted by Gasteiger charge is -2.16. The highest BCUT2D eigenvalue weighted by molar-refractivity contribution is 6.30. The number of halogens is 1. The molecule has 0 saturated heterocycles. The number of benzene rings is 1.